The van der Waals surface area contributed by atoms with Crippen molar-refractivity contribution in [1.29, 1.82) is 0 Å². The zero-order valence-corrected chi connectivity index (χ0v) is 10.6. The van der Waals surface area contributed by atoms with Gasteiger partial charge in [0.1, 0.15) is 5.56 Å². The molecule has 0 fully saturated rings. The topological polar surface area (TPSA) is 57.0 Å². The van der Waals surface area contributed by atoms with Crippen LogP contribution in [0.4, 0.5) is 0 Å². The minimum absolute atomic E-state index is 0.394. The van der Waals surface area contributed by atoms with Crippen LogP contribution in [-0.2, 0) is 4.74 Å². The number of ether oxygens (including phenoxy) is 1. The van der Waals surface area contributed by atoms with E-state index in [1.165, 1.54) is 13.3 Å². The first-order chi connectivity index (χ1) is 7.74. The van der Waals surface area contributed by atoms with Crippen LogP contribution in [0.2, 0.25) is 0 Å². The second-order valence-corrected chi connectivity index (χ2v) is 3.91. The van der Waals surface area contributed by atoms with Gasteiger partial charge in [-0.25, -0.2) is 7.69 Å². The predicted molar refractivity (Wildman–Crippen MR) is 66.2 cm³/mol. The van der Waals surface area contributed by atoms with Crippen molar-refractivity contribution in [1.82, 2.24) is 13.0 Å². The van der Waals surface area contributed by atoms with Crippen LogP contribution in [0.25, 0.3) is 11.3 Å². The molecule has 0 bridgehead atoms. The third-order valence-electron chi connectivity index (χ3n) is 2.09. The van der Waals surface area contributed by atoms with Crippen LogP contribution in [0.3, 0.4) is 0 Å². The molecule has 82 valence electrons. The molecule has 0 radical (unpaired) electrons. The molecule has 2 heterocycles. The number of methoxy groups -OCH3 is 1. The molecule has 0 N–H and O–H groups in total. The summed E-state index contributed by atoms with van der Waals surface area (Å²) in [7, 11) is 1.35. The number of hydrogen-bond acceptors (Lipinski definition) is 4. The molecule has 0 aromatic carbocycles. The van der Waals surface area contributed by atoms with E-state index in [4.69, 9.17) is 4.74 Å². The highest BCUT2D eigenvalue weighted by atomic mass is 127. The van der Waals surface area contributed by atoms with Crippen LogP contribution in [0.15, 0.2) is 30.7 Å². The molecule has 0 aliphatic carbocycles. The molecule has 0 atom stereocenters. The van der Waals surface area contributed by atoms with Crippen molar-refractivity contribution in [2.75, 3.05) is 7.11 Å². The first-order valence-corrected chi connectivity index (χ1v) is 5.43. The van der Waals surface area contributed by atoms with E-state index in [0.717, 1.165) is 11.3 Å². The van der Waals surface area contributed by atoms with Gasteiger partial charge in [-0.15, -0.1) is 0 Å². The molecule has 0 saturated heterocycles. The fraction of sp³-hybridized carbons (Fsp3) is 0.100. The fourth-order valence-electron chi connectivity index (χ4n) is 1.36. The zero-order valence-electron chi connectivity index (χ0n) is 8.42. The lowest BCUT2D eigenvalue weighted by Crippen LogP contribution is -2.02. The third-order valence-corrected chi connectivity index (χ3v) is 2.82. The number of halogens is 1. The first kappa shape index (κ1) is 11.1. The Hall–Kier alpha value is -1.44. The molecule has 2 rings (SSSR count). The van der Waals surface area contributed by atoms with Crippen molar-refractivity contribution < 1.29 is 9.53 Å². The van der Waals surface area contributed by atoms with Crippen LogP contribution >= 0.6 is 22.9 Å². The molecule has 0 aliphatic rings. The van der Waals surface area contributed by atoms with Crippen LogP contribution in [0, 0.1) is 0 Å². The van der Waals surface area contributed by atoms with Gasteiger partial charge in [0.15, 0.2) is 0 Å². The van der Waals surface area contributed by atoms with Crippen molar-refractivity contribution in [3.05, 3.63) is 36.3 Å². The highest BCUT2D eigenvalue weighted by Gasteiger charge is 2.18. The number of pyridine rings is 1. The Labute approximate surface area is 106 Å². The minimum Gasteiger partial charge on any atom is -0.465 e. The van der Waals surface area contributed by atoms with E-state index in [1.807, 2.05) is 35.0 Å². The Kier molecular flexibility index (Phi) is 3.18. The number of carbonyl (C=O) groups excluding carboxylic acids is 1. The highest BCUT2D eigenvalue weighted by Crippen LogP contribution is 2.25. The molecule has 16 heavy (non-hydrogen) atoms. The lowest BCUT2D eigenvalue weighted by molar-refractivity contribution is 0.0601. The Morgan fingerprint density at radius 1 is 1.44 bits per heavy atom. The number of rotatable bonds is 2. The predicted octanol–water partition coefficient (Wildman–Crippen LogP) is 1.93. The molecule has 0 amide bonds. The summed E-state index contributed by atoms with van der Waals surface area (Å²) in [5.74, 6) is -0.394. The largest absolute Gasteiger partial charge is 0.465 e. The van der Waals surface area contributed by atoms with Gasteiger partial charge >= 0.3 is 5.97 Å². The SMILES string of the molecule is COC(=O)c1cnn(I)c1-c1ccncc1. The van der Waals surface area contributed by atoms with Gasteiger partial charge < -0.3 is 4.74 Å². The molecule has 0 aliphatic heterocycles. The van der Waals surface area contributed by atoms with Gasteiger partial charge in [0, 0.05) is 18.0 Å². The monoisotopic (exact) mass is 329 g/mol. The second kappa shape index (κ2) is 4.60. The first-order valence-electron chi connectivity index (χ1n) is 4.47. The molecule has 0 unspecified atom stereocenters. The molecule has 0 spiro atoms. The number of hydrogen-bond donors (Lipinski definition) is 0. The summed E-state index contributed by atoms with van der Waals surface area (Å²) >= 11 is 2.01. The maximum absolute atomic E-state index is 11.5. The van der Waals surface area contributed by atoms with Gasteiger partial charge in [-0.05, 0) is 12.1 Å². The summed E-state index contributed by atoms with van der Waals surface area (Å²) in [6, 6.07) is 3.64. The third kappa shape index (κ3) is 1.92. The van der Waals surface area contributed by atoms with Crippen LogP contribution in [0.1, 0.15) is 10.4 Å². The van der Waals surface area contributed by atoms with Crippen LogP contribution in [-0.4, -0.2) is 26.1 Å². The average Bonchev–Trinajstić information content (AvgIpc) is 2.71. The van der Waals surface area contributed by atoms with Gasteiger partial charge in [-0.1, -0.05) is 0 Å². The summed E-state index contributed by atoms with van der Waals surface area (Å²) in [5.41, 5.74) is 2.04. The Morgan fingerprint density at radius 2 is 2.12 bits per heavy atom. The molecular weight excluding hydrogens is 321 g/mol. The summed E-state index contributed by atoms with van der Waals surface area (Å²) in [5, 5.41) is 4.04. The normalized spacial score (nSPS) is 10.1. The van der Waals surface area contributed by atoms with E-state index in [-0.39, 0.29) is 0 Å². The molecule has 6 heteroatoms. The van der Waals surface area contributed by atoms with Gasteiger partial charge in [0.2, 0.25) is 0 Å². The van der Waals surface area contributed by atoms with Gasteiger partial charge in [0.25, 0.3) is 0 Å². The summed E-state index contributed by atoms with van der Waals surface area (Å²) < 4.78 is 6.31. The summed E-state index contributed by atoms with van der Waals surface area (Å²) in [6.07, 6.45) is 4.83. The van der Waals surface area contributed by atoms with Crippen molar-refractivity contribution in [3.8, 4) is 11.3 Å². The van der Waals surface area contributed by atoms with E-state index in [2.05, 4.69) is 10.1 Å². The lowest BCUT2D eigenvalue weighted by atomic mass is 10.1. The maximum Gasteiger partial charge on any atom is 0.341 e. The standard InChI is InChI=1S/C10H8IN3O2/c1-16-10(15)8-6-13-14(11)9(8)7-2-4-12-5-3-7/h2-6H,1H3. The highest BCUT2D eigenvalue weighted by molar-refractivity contribution is 14.1. The Balaban J connectivity index is 2.56. The number of nitrogens with zero attached hydrogens (tertiary/aromatic N) is 3. The smallest absolute Gasteiger partial charge is 0.341 e. The van der Waals surface area contributed by atoms with Gasteiger partial charge in [-0.2, -0.15) is 5.10 Å². The maximum atomic E-state index is 11.5. The van der Waals surface area contributed by atoms with Crippen LogP contribution in [0.5, 0.6) is 0 Å². The van der Waals surface area contributed by atoms with E-state index in [1.54, 1.807) is 15.3 Å². The molecule has 0 saturated carbocycles. The average molecular weight is 329 g/mol. The number of esters is 1. The number of carbonyl (C=O) groups is 1. The van der Waals surface area contributed by atoms with Crippen LogP contribution < -0.4 is 0 Å². The lowest BCUT2D eigenvalue weighted by Gasteiger charge is -2.03. The molecule has 2 aromatic heterocycles. The molecule has 5 nitrogen and oxygen atoms in total. The van der Waals surface area contributed by atoms with E-state index >= 15 is 0 Å². The van der Waals surface area contributed by atoms with Crippen molar-refractivity contribution in [2.24, 2.45) is 0 Å². The van der Waals surface area contributed by atoms with Gasteiger partial charge in [0.05, 0.1) is 41.9 Å². The fourth-order valence-corrected chi connectivity index (χ4v) is 2.02. The summed E-state index contributed by atoms with van der Waals surface area (Å²) in [4.78, 5) is 15.5. The Bertz CT molecular complexity index is 510. The van der Waals surface area contributed by atoms with Crippen molar-refractivity contribution >= 4 is 28.8 Å². The zero-order chi connectivity index (χ0) is 11.5. The van der Waals surface area contributed by atoms with Crippen molar-refractivity contribution in [2.45, 2.75) is 0 Å². The minimum atomic E-state index is -0.394. The molecule has 2 aromatic rings. The summed E-state index contributed by atoms with van der Waals surface area (Å²) in [6.45, 7) is 0. The van der Waals surface area contributed by atoms with E-state index < -0.39 is 5.97 Å². The van der Waals surface area contributed by atoms with E-state index in [9.17, 15) is 4.79 Å². The van der Waals surface area contributed by atoms with Crippen molar-refractivity contribution in [3.63, 3.8) is 0 Å². The van der Waals surface area contributed by atoms with E-state index in [0.29, 0.717) is 5.56 Å². The molecular formula is C10H8IN3O2. The Morgan fingerprint density at radius 3 is 2.75 bits per heavy atom. The quantitative estimate of drug-likeness (QED) is 0.624. The number of aromatic nitrogens is 3. The van der Waals surface area contributed by atoms with Gasteiger partial charge in [-0.3, -0.25) is 4.98 Å². The second-order valence-electron chi connectivity index (χ2n) is 2.99.